The molecule has 1 aromatic carbocycles. The molecule has 2 aromatic rings. The van der Waals surface area contributed by atoms with Gasteiger partial charge in [-0.25, -0.2) is 0 Å². The molecule has 1 saturated heterocycles. The fraction of sp³-hybridized carbons (Fsp3) is 0.417. The Balaban J connectivity index is 1.78. The number of hydrogen-bond acceptors (Lipinski definition) is 3. The Morgan fingerprint density at radius 1 is 1.35 bits per heavy atom. The number of halogens is 1. The molecule has 4 nitrogen and oxygen atoms in total. The van der Waals surface area contributed by atoms with Gasteiger partial charge >= 0.3 is 0 Å². The number of rotatable bonds is 1. The van der Waals surface area contributed by atoms with Gasteiger partial charge in [-0.15, -0.1) is 0 Å². The average Bonchev–Trinajstić information content (AvgIpc) is 2.79. The number of nitrogens with zero attached hydrogens (tertiary/aromatic N) is 2. The van der Waals surface area contributed by atoms with E-state index in [-0.39, 0.29) is 6.10 Å². The lowest BCUT2D eigenvalue weighted by Gasteiger charge is -2.22. The maximum Gasteiger partial charge on any atom is 0.0686 e. The summed E-state index contributed by atoms with van der Waals surface area (Å²) in [4.78, 5) is 2.30. The molecule has 0 bridgehead atoms. The van der Waals surface area contributed by atoms with Crippen molar-refractivity contribution in [3.05, 3.63) is 23.4 Å². The summed E-state index contributed by atoms with van der Waals surface area (Å²) in [7, 11) is 0. The van der Waals surface area contributed by atoms with Crippen molar-refractivity contribution in [1.29, 1.82) is 0 Å². The highest BCUT2D eigenvalue weighted by Gasteiger charge is 2.55. The first-order valence-corrected chi connectivity index (χ1v) is 6.17. The summed E-state index contributed by atoms with van der Waals surface area (Å²) in [6.45, 7) is 1.85. The number of aromatic amines is 1. The summed E-state index contributed by atoms with van der Waals surface area (Å²) in [5, 5.41) is 18.4. The predicted molar refractivity (Wildman–Crippen MR) is 66.3 cm³/mol. The molecular weight excluding hydrogens is 238 g/mol. The first-order chi connectivity index (χ1) is 8.24. The zero-order valence-electron chi connectivity index (χ0n) is 9.10. The summed E-state index contributed by atoms with van der Waals surface area (Å²) < 4.78 is 0. The molecule has 2 fully saturated rings. The van der Waals surface area contributed by atoms with Crippen molar-refractivity contribution in [2.45, 2.75) is 6.10 Å². The normalized spacial score (nSPS) is 30.9. The van der Waals surface area contributed by atoms with Crippen LogP contribution in [0.4, 0.5) is 5.69 Å². The lowest BCUT2D eigenvalue weighted by atomic mass is 10.2. The zero-order chi connectivity index (χ0) is 11.6. The van der Waals surface area contributed by atoms with E-state index in [9.17, 15) is 5.11 Å². The second-order valence-electron chi connectivity index (χ2n) is 4.98. The Morgan fingerprint density at radius 3 is 2.88 bits per heavy atom. The van der Waals surface area contributed by atoms with Crippen LogP contribution in [0.3, 0.4) is 0 Å². The number of aliphatic hydroxyl groups excluding tert-OH is 1. The Hall–Kier alpha value is -1.26. The van der Waals surface area contributed by atoms with E-state index in [1.54, 1.807) is 0 Å². The van der Waals surface area contributed by atoms with Crippen LogP contribution in [0, 0.1) is 11.8 Å². The van der Waals surface area contributed by atoms with Crippen LogP contribution in [0.15, 0.2) is 18.3 Å². The van der Waals surface area contributed by atoms with E-state index >= 15 is 0 Å². The van der Waals surface area contributed by atoms with E-state index in [0.717, 1.165) is 34.7 Å². The largest absolute Gasteiger partial charge is 0.392 e. The lowest BCUT2D eigenvalue weighted by molar-refractivity contribution is 0.241. The van der Waals surface area contributed by atoms with Crippen molar-refractivity contribution in [2.75, 3.05) is 18.0 Å². The summed E-state index contributed by atoms with van der Waals surface area (Å²) in [6, 6.07) is 3.87. The smallest absolute Gasteiger partial charge is 0.0686 e. The van der Waals surface area contributed by atoms with Crippen LogP contribution < -0.4 is 4.90 Å². The maximum absolute atomic E-state index is 9.57. The molecule has 88 valence electrons. The van der Waals surface area contributed by atoms with E-state index in [2.05, 4.69) is 15.1 Å². The van der Waals surface area contributed by atoms with Crippen molar-refractivity contribution in [3.63, 3.8) is 0 Å². The van der Waals surface area contributed by atoms with Crippen molar-refractivity contribution < 1.29 is 5.11 Å². The van der Waals surface area contributed by atoms with Crippen LogP contribution >= 0.6 is 11.6 Å². The Bertz CT molecular complexity index is 584. The summed E-state index contributed by atoms with van der Waals surface area (Å²) in [6.07, 6.45) is 1.76. The minimum atomic E-state index is -0.0784. The molecule has 1 aliphatic carbocycles. The summed E-state index contributed by atoms with van der Waals surface area (Å²) >= 11 is 6.11. The third-order valence-electron chi connectivity index (χ3n) is 3.99. The van der Waals surface area contributed by atoms with Gasteiger partial charge in [0.15, 0.2) is 0 Å². The highest BCUT2D eigenvalue weighted by Crippen LogP contribution is 2.47. The van der Waals surface area contributed by atoms with Crippen LogP contribution in [0.25, 0.3) is 10.9 Å². The van der Waals surface area contributed by atoms with Crippen LogP contribution in [-0.4, -0.2) is 34.5 Å². The SMILES string of the molecule is OC1[C@H]2CN(c3cc(Cl)cc4[nH]ncc34)C[C@@H]12. The molecule has 2 heterocycles. The molecular formula is C12H12ClN3O. The van der Waals surface area contributed by atoms with Crippen LogP contribution in [0.1, 0.15) is 0 Å². The average molecular weight is 250 g/mol. The van der Waals surface area contributed by atoms with Gasteiger partial charge in [0.2, 0.25) is 0 Å². The van der Waals surface area contributed by atoms with E-state index in [1.165, 1.54) is 0 Å². The van der Waals surface area contributed by atoms with Gasteiger partial charge in [0.1, 0.15) is 0 Å². The molecule has 3 atom stereocenters. The molecule has 1 unspecified atom stereocenters. The Morgan fingerprint density at radius 2 is 2.12 bits per heavy atom. The van der Waals surface area contributed by atoms with Gasteiger partial charge in [-0.1, -0.05) is 11.6 Å². The van der Waals surface area contributed by atoms with E-state index in [0.29, 0.717) is 11.8 Å². The number of piperidine rings is 1. The molecule has 17 heavy (non-hydrogen) atoms. The quantitative estimate of drug-likeness (QED) is 0.808. The predicted octanol–water partition coefficient (Wildman–Crippen LogP) is 1.64. The van der Waals surface area contributed by atoms with Gasteiger partial charge in [0, 0.05) is 41.0 Å². The monoisotopic (exact) mass is 249 g/mol. The zero-order valence-corrected chi connectivity index (χ0v) is 9.85. The molecule has 1 saturated carbocycles. The molecule has 1 aromatic heterocycles. The van der Waals surface area contributed by atoms with Crippen molar-refractivity contribution >= 4 is 28.2 Å². The minimum absolute atomic E-state index is 0.0784. The molecule has 0 spiro atoms. The number of H-pyrrole nitrogens is 1. The first kappa shape index (κ1) is 9.74. The highest BCUT2D eigenvalue weighted by molar-refractivity contribution is 6.31. The molecule has 2 N–H and O–H groups in total. The molecule has 0 radical (unpaired) electrons. The number of aromatic nitrogens is 2. The topological polar surface area (TPSA) is 52.1 Å². The van der Waals surface area contributed by atoms with Gasteiger partial charge < -0.3 is 10.0 Å². The number of nitrogens with one attached hydrogen (secondary N) is 1. The van der Waals surface area contributed by atoms with E-state index in [4.69, 9.17) is 11.6 Å². The number of fused-ring (bicyclic) bond motifs is 2. The number of aliphatic hydroxyl groups is 1. The second kappa shape index (κ2) is 3.15. The van der Waals surface area contributed by atoms with Crippen LogP contribution in [0.5, 0.6) is 0 Å². The molecule has 0 amide bonds. The fourth-order valence-electron chi connectivity index (χ4n) is 2.95. The first-order valence-electron chi connectivity index (χ1n) is 5.79. The molecule has 4 rings (SSSR count). The molecule has 5 heteroatoms. The third-order valence-corrected chi connectivity index (χ3v) is 4.21. The van der Waals surface area contributed by atoms with Crippen molar-refractivity contribution in [1.82, 2.24) is 10.2 Å². The van der Waals surface area contributed by atoms with Gasteiger partial charge in [-0.3, -0.25) is 5.10 Å². The Labute approximate surface area is 103 Å². The highest BCUT2D eigenvalue weighted by atomic mass is 35.5. The van der Waals surface area contributed by atoms with Crippen molar-refractivity contribution in [3.8, 4) is 0 Å². The number of hydrogen-bond donors (Lipinski definition) is 2. The lowest BCUT2D eigenvalue weighted by Crippen LogP contribution is -2.25. The maximum atomic E-state index is 9.57. The number of anilines is 1. The Kier molecular flexibility index (Phi) is 1.80. The summed E-state index contributed by atoms with van der Waals surface area (Å²) in [5.41, 5.74) is 2.09. The molecule has 1 aliphatic heterocycles. The third kappa shape index (κ3) is 1.31. The van der Waals surface area contributed by atoms with E-state index in [1.807, 2.05) is 18.3 Å². The molecule has 2 aliphatic rings. The van der Waals surface area contributed by atoms with Crippen LogP contribution in [-0.2, 0) is 0 Å². The fourth-order valence-corrected chi connectivity index (χ4v) is 3.16. The minimum Gasteiger partial charge on any atom is -0.392 e. The van der Waals surface area contributed by atoms with Gasteiger partial charge in [-0.2, -0.15) is 5.10 Å². The summed E-state index contributed by atoms with van der Waals surface area (Å²) in [5.74, 6) is 0.909. The van der Waals surface area contributed by atoms with Crippen LogP contribution in [0.2, 0.25) is 5.02 Å². The standard InChI is InChI=1S/C12H12ClN3O/c13-6-1-10-7(3-14-15-10)11(2-6)16-4-8-9(5-16)12(8)17/h1-3,8-9,12,17H,4-5H2,(H,14,15)/t8-,9+,12?. The number of benzene rings is 1. The van der Waals surface area contributed by atoms with Gasteiger partial charge in [0.25, 0.3) is 0 Å². The van der Waals surface area contributed by atoms with Gasteiger partial charge in [0.05, 0.1) is 17.8 Å². The second-order valence-corrected chi connectivity index (χ2v) is 5.42. The van der Waals surface area contributed by atoms with Gasteiger partial charge in [-0.05, 0) is 12.1 Å². The van der Waals surface area contributed by atoms with E-state index < -0.39 is 0 Å². The van der Waals surface area contributed by atoms with Crippen molar-refractivity contribution in [2.24, 2.45) is 11.8 Å².